The molecule has 0 aliphatic carbocycles. The van der Waals surface area contributed by atoms with E-state index in [2.05, 4.69) is 10.2 Å². The molecule has 1 fully saturated rings. The molecule has 0 saturated carbocycles. The molecular weight excluding hydrogens is 484 g/mol. The molecule has 1 spiro atoms. The highest BCUT2D eigenvalue weighted by Crippen LogP contribution is 2.49. The molecule has 2 heterocycles. The van der Waals surface area contributed by atoms with Crippen LogP contribution in [0.1, 0.15) is 36.3 Å². The van der Waals surface area contributed by atoms with Crippen molar-refractivity contribution in [2.75, 3.05) is 50.3 Å². The maximum absolute atomic E-state index is 14.6. The van der Waals surface area contributed by atoms with Crippen molar-refractivity contribution in [2.45, 2.75) is 30.6 Å². The largest absolute Gasteiger partial charge is 0.319 e. The van der Waals surface area contributed by atoms with Gasteiger partial charge in [-0.15, -0.1) is 0 Å². The summed E-state index contributed by atoms with van der Waals surface area (Å²) in [6, 6.07) is 10.7. The van der Waals surface area contributed by atoms with Crippen molar-refractivity contribution < 1.29 is 12.8 Å². The summed E-state index contributed by atoms with van der Waals surface area (Å²) in [7, 11) is -1.60. The van der Waals surface area contributed by atoms with Crippen LogP contribution in [0.25, 0.3) is 0 Å². The highest BCUT2D eigenvalue weighted by Gasteiger charge is 2.48. The molecule has 1 atom stereocenters. The normalized spacial score (nSPS) is 19.1. The molecule has 0 aromatic heterocycles. The average molecular weight is 514 g/mol. The van der Waals surface area contributed by atoms with Crippen LogP contribution in [0.15, 0.2) is 36.4 Å². The fourth-order valence-corrected chi connectivity index (χ4v) is 6.59. The minimum Gasteiger partial charge on any atom is -0.319 e. The summed E-state index contributed by atoms with van der Waals surface area (Å²) < 4.78 is 40.7. The molecule has 9 heteroatoms. The van der Waals surface area contributed by atoms with Crippen LogP contribution >= 0.6 is 23.2 Å². The molecule has 2 aliphatic heterocycles. The minimum absolute atomic E-state index is 0.238. The van der Waals surface area contributed by atoms with Gasteiger partial charge in [0, 0.05) is 18.5 Å². The molecule has 0 unspecified atom stereocenters. The zero-order valence-electron chi connectivity index (χ0n) is 19.0. The predicted octanol–water partition coefficient (Wildman–Crippen LogP) is 4.64. The highest BCUT2D eigenvalue weighted by molar-refractivity contribution is 7.92. The van der Waals surface area contributed by atoms with Crippen LogP contribution in [0.5, 0.6) is 0 Å². The second kappa shape index (κ2) is 9.70. The van der Waals surface area contributed by atoms with E-state index in [-0.39, 0.29) is 11.1 Å². The summed E-state index contributed by atoms with van der Waals surface area (Å²) in [6.07, 6.45) is 3.73. The van der Waals surface area contributed by atoms with Gasteiger partial charge >= 0.3 is 0 Å². The third-order valence-corrected chi connectivity index (χ3v) is 8.98. The van der Waals surface area contributed by atoms with Crippen LogP contribution < -0.4 is 9.62 Å². The summed E-state index contributed by atoms with van der Waals surface area (Å²) in [5.41, 5.74) is 1.90. The number of nitrogens with zero attached hydrogens (tertiary/aromatic N) is 2. The van der Waals surface area contributed by atoms with Crippen LogP contribution in [0.2, 0.25) is 10.0 Å². The number of benzene rings is 2. The Morgan fingerprint density at radius 3 is 2.52 bits per heavy atom. The van der Waals surface area contributed by atoms with E-state index in [0.717, 1.165) is 62.8 Å². The molecule has 2 aromatic rings. The van der Waals surface area contributed by atoms with Crippen LogP contribution in [0.3, 0.4) is 0 Å². The van der Waals surface area contributed by atoms with Crippen molar-refractivity contribution >= 4 is 38.9 Å². The van der Waals surface area contributed by atoms with Gasteiger partial charge in [-0.05, 0) is 81.2 Å². The fourth-order valence-electron chi connectivity index (χ4n) is 5.29. The number of anilines is 1. The highest BCUT2D eigenvalue weighted by atomic mass is 35.5. The third kappa shape index (κ3) is 5.03. The first-order valence-corrected chi connectivity index (χ1v) is 13.8. The summed E-state index contributed by atoms with van der Waals surface area (Å²) in [4.78, 5) is 2.42. The average Bonchev–Trinajstić information content (AvgIpc) is 3.10. The number of likely N-dealkylation sites (N-methyl/N-ethyl adjacent to an activating group) is 1. The van der Waals surface area contributed by atoms with Gasteiger partial charge in [-0.25, -0.2) is 12.8 Å². The van der Waals surface area contributed by atoms with Gasteiger partial charge in [0.1, 0.15) is 5.82 Å². The summed E-state index contributed by atoms with van der Waals surface area (Å²) in [5, 5.41) is 4.39. The van der Waals surface area contributed by atoms with E-state index >= 15 is 0 Å². The molecule has 0 amide bonds. The van der Waals surface area contributed by atoms with Crippen LogP contribution in [0, 0.1) is 5.82 Å². The number of hydrogen-bond acceptors (Lipinski definition) is 4. The van der Waals surface area contributed by atoms with Gasteiger partial charge < -0.3 is 10.2 Å². The molecule has 5 nitrogen and oxygen atoms in total. The van der Waals surface area contributed by atoms with E-state index in [1.807, 2.05) is 31.3 Å². The molecule has 2 aromatic carbocycles. The Hall–Kier alpha value is -1.38. The van der Waals surface area contributed by atoms with E-state index in [1.54, 1.807) is 6.07 Å². The maximum Gasteiger partial charge on any atom is 0.232 e. The van der Waals surface area contributed by atoms with Gasteiger partial charge in [-0.3, -0.25) is 4.31 Å². The minimum atomic E-state index is -3.54. The van der Waals surface area contributed by atoms with Gasteiger partial charge in [-0.2, -0.15) is 0 Å². The standard InChI is InChI=1S/C24H30Cl2FN3O2S/c1-28-15-18(17-6-7-20(25)21(26)14-17)8-11-29-12-9-24(10-13-29)16-30(33(2,31)32)23-19(24)4-3-5-22(23)27/h3-7,14,18,28H,8-13,15-16H2,1-2H3/t18-/m1/s1. The van der Waals surface area contributed by atoms with Crippen LogP contribution in [-0.4, -0.2) is 59.3 Å². The van der Waals surface area contributed by atoms with Crippen molar-refractivity contribution in [3.63, 3.8) is 0 Å². The fraction of sp³-hybridized carbons (Fsp3) is 0.500. The van der Waals surface area contributed by atoms with E-state index in [0.29, 0.717) is 22.5 Å². The lowest BCUT2D eigenvalue weighted by Gasteiger charge is -2.40. The molecule has 180 valence electrons. The number of fused-ring (bicyclic) bond motifs is 2. The van der Waals surface area contributed by atoms with E-state index in [4.69, 9.17) is 23.2 Å². The van der Waals surface area contributed by atoms with Crippen molar-refractivity contribution in [1.82, 2.24) is 10.2 Å². The SMILES string of the molecule is CNC[C@@H](CCN1CCC2(CC1)CN(S(C)(=O)=O)c1c(F)cccc12)c1ccc(Cl)c(Cl)c1. The zero-order chi connectivity index (χ0) is 23.8. The molecule has 0 radical (unpaired) electrons. The number of hydrogen-bond donors (Lipinski definition) is 1. The molecule has 4 rings (SSSR count). The summed E-state index contributed by atoms with van der Waals surface area (Å²) >= 11 is 12.3. The smallest absolute Gasteiger partial charge is 0.232 e. The van der Waals surface area contributed by atoms with Gasteiger partial charge in [0.05, 0.1) is 22.0 Å². The number of nitrogens with one attached hydrogen (secondary N) is 1. The van der Waals surface area contributed by atoms with Gasteiger partial charge in [0.15, 0.2) is 0 Å². The lowest BCUT2D eigenvalue weighted by atomic mass is 9.74. The number of rotatable bonds is 7. The van der Waals surface area contributed by atoms with E-state index < -0.39 is 15.8 Å². The van der Waals surface area contributed by atoms with Crippen molar-refractivity contribution in [3.05, 3.63) is 63.4 Å². The topological polar surface area (TPSA) is 52.6 Å². The lowest BCUT2D eigenvalue weighted by Crippen LogP contribution is -2.46. The Labute approximate surface area is 205 Å². The second-order valence-electron chi connectivity index (χ2n) is 9.24. The Morgan fingerprint density at radius 2 is 1.88 bits per heavy atom. The Balaban J connectivity index is 1.45. The molecule has 0 bridgehead atoms. The van der Waals surface area contributed by atoms with Crippen LogP contribution in [0.4, 0.5) is 10.1 Å². The third-order valence-electron chi connectivity index (χ3n) is 7.13. The first-order chi connectivity index (χ1) is 15.6. The van der Waals surface area contributed by atoms with Crippen LogP contribution in [-0.2, 0) is 15.4 Å². The van der Waals surface area contributed by atoms with Crippen molar-refractivity contribution in [1.29, 1.82) is 0 Å². The van der Waals surface area contributed by atoms with Gasteiger partial charge in [0.25, 0.3) is 0 Å². The number of piperidine rings is 1. The molecular formula is C24H30Cl2FN3O2S. The Morgan fingerprint density at radius 1 is 1.15 bits per heavy atom. The second-order valence-corrected chi connectivity index (χ2v) is 12.0. The van der Waals surface area contributed by atoms with Crippen molar-refractivity contribution in [3.8, 4) is 0 Å². The Kier molecular flexibility index (Phi) is 7.27. The zero-order valence-corrected chi connectivity index (χ0v) is 21.3. The molecule has 33 heavy (non-hydrogen) atoms. The first kappa shape index (κ1) is 24.7. The number of para-hydroxylation sites is 1. The van der Waals surface area contributed by atoms with E-state index in [1.165, 1.54) is 10.4 Å². The summed E-state index contributed by atoms with van der Waals surface area (Å²) in [6.45, 7) is 3.78. The number of likely N-dealkylation sites (tertiary alicyclic amines) is 1. The van der Waals surface area contributed by atoms with Gasteiger partial charge in [0.2, 0.25) is 10.0 Å². The number of sulfonamides is 1. The molecule has 1 N–H and O–H groups in total. The quantitative estimate of drug-likeness (QED) is 0.585. The predicted molar refractivity (Wildman–Crippen MR) is 134 cm³/mol. The number of halogens is 3. The Bertz CT molecular complexity index is 1120. The molecule has 1 saturated heterocycles. The molecule has 2 aliphatic rings. The van der Waals surface area contributed by atoms with E-state index in [9.17, 15) is 12.8 Å². The monoisotopic (exact) mass is 513 g/mol. The van der Waals surface area contributed by atoms with Gasteiger partial charge in [-0.1, -0.05) is 41.4 Å². The van der Waals surface area contributed by atoms with Crippen molar-refractivity contribution in [2.24, 2.45) is 0 Å². The maximum atomic E-state index is 14.6. The summed E-state index contributed by atoms with van der Waals surface area (Å²) in [5.74, 6) is -0.156. The lowest BCUT2D eigenvalue weighted by molar-refractivity contribution is 0.163. The first-order valence-electron chi connectivity index (χ1n) is 11.2.